The van der Waals surface area contributed by atoms with Gasteiger partial charge in [-0.05, 0) is 35.2 Å². The summed E-state index contributed by atoms with van der Waals surface area (Å²) in [6.45, 7) is 2.20. The number of aryl methyl sites for hydroxylation is 1. The fourth-order valence-electron chi connectivity index (χ4n) is 4.74. The Morgan fingerprint density at radius 2 is 1.21 bits per heavy atom. The van der Waals surface area contributed by atoms with Crippen LogP contribution in [0, 0.1) is 0 Å². The summed E-state index contributed by atoms with van der Waals surface area (Å²) in [7, 11) is 0. The lowest BCUT2D eigenvalue weighted by atomic mass is 9.97. The van der Waals surface area contributed by atoms with Gasteiger partial charge in [-0.3, -0.25) is 9.59 Å². The van der Waals surface area contributed by atoms with Gasteiger partial charge in [0.2, 0.25) is 0 Å². The Hall–Kier alpha value is -3.00. The molecule has 2 nitrogen and oxygen atoms in total. The molecule has 0 spiro atoms. The molecule has 0 aliphatic rings. The molecule has 5 aromatic rings. The van der Waals surface area contributed by atoms with Crippen molar-refractivity contribution in [2.45, 2.75) is 39.0 Å². The van der Waals surface area contributed by atoms with Crippen LogP contribution in [0.25, 0.3) is 43.1 Å². The number of benzene rings is 3. The van der Waals surface area contributed by atoms with Gasteiger partial charge in [0.15, 0.2) is 10.9 Å². The van der Waals surface area contributed by atoms with E-state index in [0.29, 0.717) is 0 Å². The standard InChI is InChI=1S/C26H22O2/c1-2-3-4-5-10-16-15-21-23(17-11-6-8-13-19(17)25(21)27)24-18-12-7-9-14-20(18)26(28)22(16)24/h6-9,11-15H,2-5,10H2,1H3. The van der Waals surface area contributed by atoms with E-state index in [1.165, 1.54) is 12.8 Å². The summed E-state index contributed by atoms with van der Waals surface area (Å²) in [4.78, 5) is 26.4. The van der Waals surface area contributed by atoms with Crippen LogP contribution in [-0.2, 0) is 6.42 Å². The maximum absolute atomic E-state index is 13.3. The quantitative estimate of drug-likeness (QED) is 0.357. The number of unbranched alkanes of at least 4 members (excludes halogenated alkanes) is 3. The van der Waals surface area contributed by atoms with Gasteiger partial charge in [-0.15, -0.1) is 0 Å². The zero-order valence-electron chi connectivity index (χ0n) is 16.0. The lowest BCUT2D eigenvalue weighted by molar-refractivity contribution is 0.668. The molecule has 0 fully saturated rings. The van der Waals surface area contributed by atoms with E-state index < -0.39 is 0 Å². The fraction of sp³-hybridized carbons (Fsp3) is 0.231. The second kappa shape index (κ2) is 6.56. The maximum atomic E-state index is 13.3. The summed E-state index contributed by atoms with van der Waals surface area (Å²) in [5.74, 6) is 0. The number of hydrogen-bond donors (Lipinski definition) is 0. The van der Waals surface area contributed by atoms with Crippen LogP contribution in [-0.4, -0.2) is 0 Å². The highest BCUT2D eigenvalue weighted by Crippen LogP contribution is 2.37. The van der Waals surface area contributed by atoms with Gasteiger partial charge in [-0.2, -0.15) is 0 Å². The lowest BCUT2D eigenvalue weighted by Gasteiger charge is -2.06. The first-order valence-electron chi connectivity index (χ1n) is 10.2. The van der Waals surface area contributed by atoms with E-state index in [9.17, 15) is 9.59 Å². The zero-order chi connectivity index (χ0) is 19.3. The highest BCUT2D eigenvalue weighted by Gasteiger charge is 2.21. The minimum atomic E-state index is 0.0834. The van der Waals surface area contributed by atoms with E-state index in [0.717, 1.165) is 67.9 Å². The van der Waals surface area contributed by atoms with Gasteiger partial charge in [-0.25, -0.2) is 0 Å². The Bertz CT molecular complexity index is 1430. The Kier molecular flexibility index (Phi) is 4.01. The van der Waals surface area contributed by atoms with Crippen molar-refractivity contribution in [1.29, 1.82) is 0 Å². The van der Waals surface area contributed by atoms with Gasteiger partial charge >= 0.3 is 0 Å². The summed E-state index contributed by atoms with van der Waals surface area (Å²) in [5, 5.41) is 6.95. The predicted molar refractivity (Wildman–Crippen MR) is 119 cm³/mol. The van der Waals surface area contributed by atoms with Crippen LogP contribution < -0.4 is 10.9 Å². The van der Waals surface area contributed by atoms with E-state index in [2.05, 4.69) is 6.92 Å². The van der Waals surface area contributed by atoms with Crippen LogP contribution in [0.3, 0.4) is 0 Å². The monoisotopic (exact) mass is 366 g/mol. The smallest absolute Gasteiger partial charge is 0.194 e. The molecule has 0 aliphatic heterocycles. The van der Waals surface area contributed by atoms with Crippen LogP contribution in [0.2, 0.25) is 0 Å². The van der Waals surface area contributed by atoms with Crippen molar-refractivity contribution < 1.29 is 0 Å². The van der Waals surface area contributed by atoms with Crippen LogP contribution in [0.1, 0.15) is 38.2 Å². The molecule has 28 heavy (non-hydrogen) atoms. The SMILES string of the molecule is CCCCCCc1cc2c(=O)c3ccccc3c2c2c1c(=O)c1ccccc12. The van der Waals surface area contributed by atoms with Crippen LogP contribution in [0.5, 0.6) is 0 Å². The molecule has 0 radical (unpaired) electrons. The molecule has 138 valence electrons. The van der Waals surface area contributed by atoms with Crippen LogP contribution >= 0.6 is 0 Å². The van der Waals surface area contributed by atoms with Gasteiger partial charge in [-0.1, -0.05) is 74.7 Å². The van der Waals surface area contributed by atoms with Crippen molar-refractivity contribution in [1.82, 2.24) is 0 Å². The molecule has 5 rings (SSSR count). The first kappa shape index (κ1) is 17.1. The van der Waals surface area contributed by atoms with E-state index >= 15 is 0 Å². The summed E-state index contributed by atoms with van der Waals surface area (Å²) in [6, 6.07) is 17.6. The first-order valence-corrected chi connectivity index (χ1v) is 10.2. The van der Waals surface area contributed by atoms with Gasteiger partial charge < -0.3 is 0 Å². The lowest BCUT2D eigenvalue weighted by Crippen LogP contribution is -2.01. The minimum absolute atomic E-state index is 0.0834. The molecule has 0 saturated carbocycles. The summed E-state index contributed by atoms with van der Waals surface area (Å²) >= 11 is 0. The third-order valence-corrected chi connectivity index (χ3v) is 6.06. The molecule has 0 aliphatic carbocycles. The molecule has 0 N–H and O–H groups in total. The van der Waals surface area contributed by atoms with Crippen LogP contribution in [0.15, 0.2) is 64.2 Å². The average Bonchev–Trinajstić information content (AvgIpc) is 3.18. The van der Waals surface area contributed by atoms with Gasteiger partial charge in [0.25, 0.3) is 0 Å². The number of fused-ring (bicyclic) bond motifs is 7. The third kappa shape index (κ3) is 2.34. The highest BCUT2D eigenvalue weighted by molar-refractivity contribution is 6.31. The normalized spacial score (nSPS) is 12.0. The van der Waals surface area contributed by atoms with Crippen molar-refractivity contribution in [3.63, 3.8) is 0 Å². The van der Waals surface area contributed by atoms with E-state index in [1.54, 1.807) is 0 Å². The third-order valence-electron chi connectivity index (χ3n) is 6.06. The molecule has 0 atom stereocenters. The molecule has 0 amide bonds. The van der Waals surface area contributed by atoms with Crippen molar-refractivity contribution in [3.8, 4) is 0 Å². The second-order valence-electron chi connectivity index (χ2n) is 7.77. The van der Waals surface area contributed by atoms with E-state index in [-0.39, 0.29) is 10.9 Å². The van der Waals surface area contributed by atoms with Gasteiger partial charge in [0, 0.05) is 32.3 Å². The molecule has 0 aromatic heterocycles. The molecule has 0 heterocycles. The van der Waals surface area contributed by atoms with Crippen molar-refractivity contribution >= 4 is 43.1 Å². The highest BCUT2D eigenvalue weighted by atomic mass is 16.1. The van der Waals surface area contributed by atoms with Crippen LogP contribution in [0.4, 0.5) is 0 Å². The Morgan fingerprint density at radius 1 is 0.607 bits per heavy atom. The van der Waals surface area contributed by atoms with Crippen molar-refractivity contribution in [2.75, 3.05) is 0 Å². The Labute approximate surface area is 163 Å². The topological polar surface area (TPSA) is 34.1 Å². The largest absolute Gasteiger partial charge is 0.289 e. The minimum Gasteiger partial charge on any atom is -0.289 e. The van der Waals surface area contributed by atoms with Crippen molar-refractivity contribution in [2.24, 2.45) is 0 Å². The Balaban J connectivity index is 1.95. The maximum Gasteiger partial charge on any atom is 0.194 e. The van der Waals surface area contributed by atoms with Crippen molar-refractivity contribution in [3.05, 3.63) is 80.6 Å². The molecular formula is C26H22O2. The van der Waals surface area contributed by atoms with E-state index in [4.69, 9.17) is 0 Å². The Morgan fingerprint density at radius 3 is 1.89 bits per heavy atom. The first-order chi connectivity index (χ1) is 13.7. The average molecular weight is 366 g/mol. The fourth-order valence-corrected chi connectivity index (χ4v) is 4.74. The zero-order valence-corrected chi connectivity index (χ0v) is 16.0. The molecule has 2 heteroatoms. The number of rotatable bonds is 5. The van der Waals surface area contributed by atoms with Gasteiger partial charge in [0.05, 0.1) is 0 Å². The van der Waals surface area contributed by atoms with E-state index in [1.807, 2.05) is 54.6 Å². The second-order valence-corrected chi connectivity index (χ2v) is 7.77. The number of hydrogen-bond acceptors (Lipinski definition) is 2. The molecule has 5 aromatic carbocycles. The summed E-state index contributed by atoms with van der Waals surface area (Å²) < 4.78 is 0. The molecule has 0 saturated heterocycles. The predicted octanol–water partition coefficient (Wildman–Crippen LogP) is 6.02. The molecule has 0 bridgehead atoms. The molecular weight excluding hydrogens is 344 g/mol. The summed E-state index contributed by atoms with van der Waals surface area (Å²) in [6.07, 6.45) is 5.42. The van der Waals surface area contributed by atoms with Gasteiger partial charge in [0.1, 0.15) is 0 Å². The summed E-state index contributed by atoms with van der Waals surface area (Å²) in [5.41, 5.74) is 1.22. The molecule has 0 unspecified atom stereocenters.